The summed E-state index contributed by atoms with van der Waals surface area (Å²) in [6.45, 7) is 4.62. The third-order valence-corrected chi connectivity index (χ3v) is 12.2. The average molecular weight is 659 g/mol. The van der Waals surface area contributed by atoms with Crippen LogP contribution in [0.3, 0.4) is 0 Å². The van der Waals surface area contributed by atoms with E-state index in [1.54, 1.807) is 22.0 Å². The SMILES string of the molecule is O=C1C=CC=CC1=C1c2cc3c(cc2Oc2c1cc1c4c2CCC[NH+]4CCC1)Oc1c(cc2c4c1CCC[NH+]4CCC2)C3=C1C=CC=CC1=O. The Morgan fingerprint density at radius 2 is 0.920 bits per heavy atom. The molecule has 0 aromatic heterocycles. The number of benzene rings is 3. The Labute approximate surface area is 291 Å². The number of nitrogens with one attached hydrogen (secondary N) is 2. The molecule has 0 spiro atoms. The summed E-state index contributed by atoms with van der Waals surface area (Å²) in [6, 6.07) is 8.82. The topological polar surface area (TPSA) is 61.5 Å². The van der Waals surface area contributed by atoms with Crippen molar-refractivity contribution >= 4 is 34.1 Å². The Bertz CT molecular complexity index is 2170. The van der Waals surface area contributed by atoms with Crippen LogP contribution in [0.5, 0.6) is 23.0 Å². The first-order chi connectivity index (χ1) is 24.6. The number of ketones is 2. The van der Waals surface area contributed by atoms with Crippen LogP contribution in [0.4, 0.5) is 11.4 Å². The highest BCUT2D eigenvalue weighted by molar-refractivity contribution is 6.18. The summed E-state index contributed by atoms with van der Waals surface area (Å²) >= 11 is 0. The van der Waals surface area contributed by atoms with Crippen LogP contribution in [0.25, 0.3) is 11.1 Å². The smallest absolute Gasteiger partial charge is 0.186 e. The summed E-state index contributed by atoms with van der Waals surface area (Å²) in [5.74, 6) is 3.16. The molecule has 2 unspecified atom stereocenters. The zero-order chi connectivity index (χ0) is 33.1. The molecule has 2 aliphatic carbocycles. The number of allylic oxidation sites excluding steroid dienone is 10. The van der Waals surface area contributed by atoms with E-state index in [1.807, 2.05) is 42.5 Å². The van der Waals surface area contributed by atoms with Gasteiger partial charge in [0.05, 0.1) is 37.3 Å². The lowest BCUT2D eigenvalue weighted by atomic mass is 9.78. The fourth-order valence-corrected chi connectivity index (χ4v) is 10.2. The molecule has 0 saturated carbocycles. The lowest BCUT2D eigenvalue weighted by Gasteiger charge is -2.37. The van der Waals surface area contributed by atoms with Gasteiger partial charge in [-0.2, -0.15) is 0 Å². The van der Waals surface area contributed by atoms with Gasteiger partial charge in [0.2, 0.25) is 0 Å². The van der Waals surface area contributed by atoms with Crippen LogP contribution in [-0.2, 0) is 35.3 Å². The second-order valence-electron chi connectivity index (χ2n) is 14.9. The third kappa shape index (κ3) is 4.03. The summed E-state index contributed by atoms with van der Waals surface area (Å²) in [5, 5.41) is 0. The van der Waals surface area contributed by atoms with Gasteiger partial charge < -0.3 is 19.3 Å². The second-order valence-corrected chi connectivity index (χ2v) is 14.9. The molecule has 3 aromatic carbocycles. The molecular weight excluding hydrogens is 620 g/mol. The number of rotatable bonds is 0. The number of carbonyl (C=O) groups is 2. The molecule has 246 valence electrons. The van der Waals surface area contributed by atoms with E-state index in [0.29, 0.717) is 22.6 Å². The maximum atomic E-state index is 13.7. The standard InChI is InChI=1S/C44H36N2O4/c47-35-15-3-1-11-27(35)39-31-23-32-38(24-37(31)49-43-29-13-7-19-45-17-5-9-25(41(29)45)21-33(39)43)50-44-30-14-8-20-46-18-6-10-26(42(30)46)22-34(44)40(32)28-12-2-4-16-36(28)48/h1-4,11-12,15-16,21-24H,5-10,13-14,17-20H2/p+2. The van der Waals surface area contributed by atoms with Gasteiger partial charge in [0.25, 0.3) is 0 Å². The first-order valence-electron chi connectivity index (χ1n) is 18.5. The lowest BCUT2D eigenvalue weighted by molar-refractivity contribution is -0.838. The Hall–Kier alpha value is -5.04. The molecule has 2 atom stereocenters. The van der Waals surface area contributed by atoms with Crippen molar-refractivity contribution in [2.75, 3.05) is 26.2 Å². The van der Waals surface area contributed by atoms with Gasteiger partial charge in [-0.15, -0.1) is 0 Å². The summed E-state index contributed by atoms with van der Waals surface area (Å²) in [6.07, 6.45) is 23.3. The fraction of sp³-hybridized carbons (Fsp3) is 0.273. The largest absolute Gasteiger partial charge is 0.455 e. The highest BCUT2D eigenvalue weighted by Gasteiger charge is 2.41. The minimum absolute atomic E-state index is 0.00822. The van der Waals surface area contributed by atoms with Gasteiger partial charge in [0, 0.05) is 87.4 Å². The van der Waals surface area contributed by atoms with Gasteiger partial charge in [0.1, 0.15) is 34.4 Å². The van der Waals surface area contributed by atoms with E-state index in [4.69, 9.17) is 9.47 Å². The maximum absolute atomic E-state index is 13.7. The van der Waals surface area contributed by atoms with E-state index in [2.05, 4.69) is 18.2 Å². The van der Waals surface area contributed by atoms with E-state index in [9.17, 15) is 9.59 Å². The zero-order valence-electron chi connectivity index (χ0n) is 28.0. The van der Waals surface area contributed by atoms with E-state index >= 15 is 0 Å². The van der Waals surface area contributed by atoms with Crippen molar-refractivity contribution in [2.24, 2.45) is 0 Å². The van der Waals surface area contributed by atoms with Crippen molar-refractivity contribution in [1.82, 2.24) is 0 Å². The van der Waals surface area contributed by atoms with E-state index in [-0.39, 0.29) is 11.6 Å². The Balaban J connectivity index is 1.20. The predicted molar refractivity (Wildman–Crippen MR) is 192 cm³/mol. The van der Waals surface area contributed by atoms with Crippen LogP contribution in [0.1, 0.15) is 70.2 Å². The molecule has 0 bridgehead atoms. The highest BCUT2D eigenvalue weighted by atomic mass is 16.5. The molecule has 6 nitrogen and oxygen atoms in total. The predicted octanol–water partition coefficient (Wildman–Crippen LogP) is 5.71. The Morgan fingerprint density at radius 3 is 1.38 bits per heavy atom. The van der Waals surface area contributed by atoms with E-state index in [1.165, 1.54) is 33.6 Å². The number of fused-ring (bicyclic) bond motifs is 6. The maximum Gasteiger partial charge on any atom is 0.186 e. The van der Waals surface area contributed by atoms with Crippen molar-refractivity contribution in [3.63, 3.8) is 0 Å². The highest BCUT2D eigenvalue weighted by Crippen LogP contribution is 2.56. The second kappa shape index (κ2) is 10.7. The first kappa shape index (κ1) is 28.8. The van der Waals surface area contributed by atoms with Crippen LogP contribution < -0.4 is 19.3 Å². The summed E-state index contributed by atoms with van der Waals surface area (Å²) < 4.78 is 14.1. The van der Waals surface area contributed by atoms with Crippen molar-refractivity contribution in [2.45, 2.75) is 51.4 Å². The average Bonchev–Trinajstić information content (AvgIpc) is 3.14. The Morgan fingerprint density at radius 1 is 0.480 bits per heavy atom. The number of quaternary nitrogens is 2. The molecule has 6 heteroatoms. The minimum atomic E-state index is -0.00822. The molecule has 8 aliphatic rings. The van der Waals surface area contributed by atoms with Gasteiger partial charge in [-0.1, -0.05) is 36.5 Å². The zero-order valence-corrected chi connectivity index (χ0v) is 28.0. The summed E-state index contributed by atoms with van der Waals surface area (Å²) in [5.41, 5.74) is 15.1. The van der Waals surface area contributed by atoms with Gasteiger partial charge in [-0.3, -0.25) is 9.59 Å². The van der Waals surface area contributed by atoms with Crippen molar-refractivity contribution in [1.29, 1.82) is 0 Å². The monoisotopic (exact) mass is 658 g/mol. The Kier molecular flexibility index (Phi) is 6.17. The summed E-state index contributed by atoms with van der Waals surface area (Å²) in [7, 11) is 0. The van der Waals surface area contributed by atoms with Gasteiger partial charge >= 0.3 is 0 Å². The van der Waals surface area contributed by atoms with E-state index < -0.39 is 0 Å². The molecular formula is C44H38N2O4+2. The summed E-state index contributed by atoms with van der Waals surface area (Å²) in [4.78, 5) is 30.6. The molecule has 0 amide bonds. The van der Waals surface area contributed by atoms with Crippen LogP contribution in [-0.4, -0.2) is 37.7 Å². The minimum Gasteiger partial charge on any atom is -0.455 e. The van der Waals surface area contributed by atoms with E-state index in [0.717, 1.165) is 122 Å². The number of aryl methyl sites for hydroxylation is 2. The van der Waals surface area contributed by atoms with Crippen molar-refractivity contribution in [3.05, 3.63) is 129 Å². The molecule has 6 heterocycles. The van der Waals surface area contributed by atoms with Crippen LogP contribution >= 0.6 is 0 Å². The van der Waals surface area contributed by atoms with Crippen LogP contribution in [0.2, 0.25) is 0 Å². The quantitative estimate of drug-likeness (QED) is 0.210. The molecule has 6 aliphatic heterocycles. The molecule has 0 fully saturated rings. The van der Waals surface area contributed by atoms with Gasteiger partial charge in [0.15, 0.2) is 11.6 Å². The normalized spacial score (nSPS) is 26.2. The van der Waals surface area contributed by atoms with Crippen molar-refractivity contribution < 1.29 is 28.9 Å². The number of hydrogen-bond acceptors (Lipinski definition) is 4. The van der Waals surface area contributed by atoms with Crippen LogP contribution in [0, 0.1) is 0 Å². The molecule has 0 radical (unpaired) electrons. The molecule has 11 rings (SSSR count). The van der Waals surface area contributed by atoms with Crippen LogP contribution in [0.15, 0.2) is 84.0 Å². The number of ether oxygens (including phenoxy) is 2. The van der Waals surface area contributed by atoms with Crippen molar-refractivity contribution in [3.8, 4) is 23.0 Å². The fourth-order valence-electron chi connectivity index (χ4n) is 10.2. The van der Waals surface area contributed by atoms with Gasteiger partial charge in [-0.25, -0.2) is 0 Å². The molecule has 0 saturated heterocycles. The third-order valence-electron chi connectivity index (χ3n) is 12.2. The molecule has 3 aromatic rings. The number of hydrogen-bond donors (Lipinski definition) is 2. The first-order valence-corrected chi connectivity index (χ1v) is 18.5. The lowest BCUT2D eigenvalue weighted by Crippen LogP contribution is -3.09. The van der Waals surface area contributed by atoms with Gasteiger partial charge in [-0.05, 0) is 56.0 Å². The molecule has 2 N–H and O–H groups in total. The number of carbonyl (C=O) groups excluding carboxylic acids is 2. The molecule has 50 heavy (non-hydrogen) atoms.